The van der Waals surface area contributed by atoms with Gasteiger partial charge in [0.2, 0.25) is 0 Å². The van der Waals surface area contributed by atoms with Gasteiger partial charge in [-0.3, -0.25) is 0 Å². The minimum Gasteiger partial charge on any atom is -0.336 e. The van der Waals surface area contributed by atoms with E-state index in [1.807, 2.05) is 36.0 Å². The van der Waals surface area contributed by atoms with Crippen LogP contribution in [-0.2, 0) is 13.5 Å². The molecule has 2 rings (SSSR count). The zero-order chi connectivity index (χ0) is 11.4. The van der Waals surface area contributed by atoms with Crippen LogP contribution < -0.4 is 5.49 Å². The van der Waals surface area contributed by atoms with Gasteiger partial charge in [0.05, 0.1) is 5.69 Å². The average Bonchev–Trinajstić information content (AvgIpc) is 2.33. The van der Waals surface area contributed by atoms with E-state index in [0.717, 1.165) is 17.6 Å². The van der Waals surface area contributed by atoms with E-state index >= 15 is 0 Å². The molecular weight excluding hydrogens is 196 g/mol. The van der Waals surface area contributed by atoms with Gasteiger partial charge in [0.25, 0.3) is 0 Å². The van der Waals surface area contributed by atoms with Crippen LogP contribution in [0.15, 0.2) is 53.7 Å². The third-order valence-corrected chi connectivity index (χ3v) is 2.62. The van der Waals surface area contributed by atoms with E-state index in [1.54, 1.807) is 0 Å². The predicted molar refractivity (Wildman–Crippen MR) is 66.5 cm³/mol. The molecule has 0 spiro atoms. The van der Waals surface area contributed by atoms with Crippen molar-refractivity contribution >= 4 is 5.69 Å². The first kappa shape index (κ1) is 10.7. The fraction of sp³-hybridized carbons (Fsp3) is 0.214. The maximum Gasteiger partial charge on any atom is 0.132 e. The largest absolute Gasteiger partial charge is 0.336 e. The number of pyridine rings is 1. The van der Waals surface area contributed by atoms with Crippen molar-refractivity contribution in [3.63, 3.8) is 0 Å². The summed E-state index contributed by atoms with van der Waals surface area (Å²) in [5.41, 5.74) is 3.31. The van der Waals surface area contributed by atoms with E-state index in [1.165, 1.54) is 5.56 Å². The number of rotatable bonds is 2. The van der Waals surface area contributed by atoms with Crippen LogP contribution in [0.2, 0.25) is 0 Å². The lowest BCUT2D eigenvalue weighted by atomic mass is 10.1. The molecule has 0 amide bonds. The fourth-order valence-corrected chi connectivity index (χ4v) is 1.57. The Morgan fingerprint density at radius 1 is 1.06 bits per heavy atom. The zero-order valence-electron chi connectivity index (χ0n) is 9.72. The fourth-order valence-electron chi connectivity index (χ4n) is 1.57. The molecule has 0 fully saturated rings. The first-order chi connectivity index (χ1) is 7.79. The molecule has 0 N–H and O–H groups in total. The molecule has 0 saturated heterocycles. The summed E-state index contributed by atoms with van der Waals surface area (Å²) in [5.74, 6) is 0. The van der Waals surface area contributed by atoms with Crippen LogP contribution in [0.4, 0.5) is 5.69 Å². The van der Waals surface area contributed by atoms with E-state index in [9.17, 15) is 0 Å². The highest BCUT2D eigenvalue weighted by atomic mass is 15.0. The van der Waals surface area contributed by atoms with Gasteiger partial charge in [-0.05, 0) is 36.2 Å². The van der Waals surface area contributed by atoms with Crippen LogP contribution in [0.1, 0.15) is 12.5 Å². The second kappa shape index (κ2) is 4.79. The molecule has 0 unspecified atom stereocenters. The molecule has 0 radical (unpaired) electrons. The summed E-state index contributed by atoms with van der Waals surface area (Å²) < 4.78 is 2.01. The van der Waals surface area contributed by atoms with Gasteiger partial charge >= 0.3 is 0 Å². The Morgan fingerprint density at radius 2 is 1.81 bits per heavy atom. The molecule has 1 heterocycles. The lowest BCUT2D eigenvalue weighted by molar-refractivity contribution is 0.835. The van der Waals surface area contributed by atoms with Gasteiger partial charge in [-0.25, -0.2) is 4.99 Å². The van der Waals surface area contributed by atoms with E-state index in [0.29, 0.717) is 0 Å². The van der Waals surface area contributed by atoms with Gasteiger partial charge in [0.1, 0.15) is 5.49 Å². The van der Waals surface area contributed by atoms with E-state index in [4.69, 9.17) is 0 Å². The van der Waals surface area contributed by atoms with Crippen LogP contribution in [0, 0.1) is 0 Å². The van der Waals surface area contributed by atoms with Crippen molar-refractivity contribution in [2.45, 2.75) is 13.3 Å². The average molecular weight is 212 g/mol. The molecule has 2 heteroatoms. The topological polar surface area (TPSA) is 17.3 Å². The Labute approximate surface area is 95.9 Å². The van der Waals surface area contributed by atoms with Gasteiger partial charge in [-0.2, -0.15) is 0 Å². The second-order valence-corrected chi connectivity index (χ2v) is 3.80. The molecule has 1 aromatic carbocycles. The molecule has 0 bridgehead atoms. The van der Waals surface area contributed by atoms with Crippen LogP contribution in [0.5, 0.6) is 0 Å². The Bertz CT molecular complexity index is 521. The van der Waals surface area contributed by atoms with Crippen molar-refractivity contribution in [1.82, 2.24) is 4.57 Å². The van der Waals surface area contributed by atoms with E-state index in [2.05, 4.69) is 36.2 Å². The number of nitrogens with zero attached hydrogens (tertiary/aromatic N) is 2. The summed E-state index contributed by atoms with van der Waals surface area (Å²) in [5, 5.41) is 0. The Kier molecular flexibility index (Phi) is 3.20. The number of aromatic nitrogens is 1. The van der Waals surface area contributed by atoms with Crippen LogP contribution in [-0.4, -0.2) is 4.57 Å². The second-order valence-electron chi connectivity index (χ2n) is 3.80. The summed E-state index contributed by atoms with van der Waals surface area (Å²) in [6.45, 7) is 2.16. The molecule has 82 valence electrons. The van der Waals surface area contributed by atoms with Gasteiger partial charge in [0.15, 0.2) is 0 Å². The number of aryl methyl sites for hydroxylation is 2. The third-order valence-electron chi connectivity index (χ3n) is 2.62. The molecule has 2 nitrogen and oxygen atoms in total. The van der Waals surface area contributed by atoms with Crippen LogP contribution in [0.3, 0.4) is 0 Å². The highest BCUT2D eigenvalue weighted by Gasteiger charge is 1.91. The molecule has 0 aliphatic heterocycles. The summed E-state index contributed by atoms with van der Waals surface area (Å²) in [6.07, 6.45) is 3.07. The van der Waals surface area contributed by atoms with Gasteiger partial charge in [-0.15, -0.1) is 0 Å². The lowest BCUT2D eigenvalue weighted by Gasteiger charge is -2.00. The molecule has 16 heavy (non-hydrogen) atoms. The number of hydrogen-bond donors (Lipinski definition) is 0. The van der Waals surface area contributed by atoms with Gasteiger partial charge in [0, 0.05) is 13.2 Å². The van der Waals surface area contributed by atoms with Crippen molar-refractivity contribution in [3.05, 3.63) is 59.7 Å². The van der Waals surface area contributed by atoms with Gasteiger partial charge in [-0.1, -0.05) is 25.1 Å². The molecular formula is C14H16N2. The standard InChI is InChI=1S/C14H16N2/c1-3-12-7-9-13(10-8-12)15-14-6-4-5-11-16(14)2/h4-11H,3H2,1-2H3. The normalized spacial score (nSPS) is 11.8. The maximum absolute atomic E-state index is 4.58. The smallest absolute Gasteiger partial charge is 0.132 e. The molecule has 1 aromatic heterocycles. The van der Waals surface area contributed by atoms with E-state index in [-0.39, 0.29) is 0 Å². The molecule has 2 aromatic rings. The molecule has 0 aliphatic rings. The van der Waals surface area contributed by atoms with Crippen LogP contribution >= 0.6 is 0 Å². The van der Waals surface area contributed by atoms with Crippen molar-refractivity contribution in [2.75, 3.05) is 0 Å². The molecule has 0 atom stereocenters. The predicted octanol–water partition coefficient (Wildman–Crippen LogP) is 2.82. The quantitative estimate of drug-likeness (QED) is 0.728. The first-order valence-electron chi connectivity index (χ1n) is 5.55. The monoisotopic (exact) mass is 212 g/mol. The molecule has 0 aliphatic carbocycles. The summed E-state index contributed by atoms with van der Waals surface area (Å²) >= 11 is 0. The number of benzene rings is 1. The summed E-state index contributed by atoms with van der Waals surface area (Å²) in [6, 6.07) is 14.4. The van der Waals surface area contributed by atoms with Crippen molar-refractivity contribution in [1.29, 1.82) is 0 Å². The Morgan fingerprint density at radius 3 is 2.44 bits per heavy atom. The van der Waals surface area contributed by atoms with Crippen molar-refractivity contribution < 1.29 is 0 Å². The molecule has 0 saturated carbocycles. The lowest BCUT2D eigenvalue weighted by Crippen LogP contribution is -2.15. The third kappa shape index (κ3) is 2.40. The Hall–Kier alpha value is -1.83. The SMILES string of the molecule is CCc1ccc(N=c2ccccn2C)cc1. The maximum atomic E-state index is 4.58. The first-order valence-corrected chi connectivity index (χ1v) is 5.55. The van der Waals surface area contributed by atoms with Crippen LogP contribution in [0.25, 0.3) is 0 Å². The Balaban J connectivity index is 2.39. The summed E-state index contributed by atoms with van der Waals surface area (Å²) in [4.78, 5) is 4.58. The van der Waals surface area contributed by atoms with Crippen molar-refractivity contribution in [3.8, 4) is 0 Å². The summed E-state index contributed by atoms with van der Waals surface area (Å²) in [7, 11) is 2.00. The minimum absolute atomic E-state index is 0.965. The van der Waals surface area contributed by atoms with Crippen molar-refractivity contribution in [2.24, 2.45) is 12.0 Å². The highest BCUT2D eigenvalue weighted by Crippen LogP contribution is 2.12. The minimum atomic E-state index is 0.965. The number of hydrogen-bond acceptors (Lipinski definition) is 1. The zero-order valence-corrected chi connectivity index (χ0v) is 9.72. The van der Waals surface area contributed by atoms with E-state index < -0.39 is 0 Å². The highest BCUT2D eigenvalue weighted by molar-refractivity contribution is 5.38. The van der Waals surface area contributed by atoms with Gasteiger partial charge < -0.3 is 4.57 Å².